The molecule has 7 nitrogen and oxygen atoms in total. The van der Waals surface area contributed by atoms with Gasteiger partial charge in [-0.3, -0.25) is 4.90 Å². The molecule has 1 fully saturated rings. The molecule has 0 unspecified atom stereocenters. The smallest absolute Gasteiger partial charge is 0.223 e. The fraction of sp³-hybridized carbons (Fsp3) is 0.556. The largest absolute Gasteiger partial charge is 0.497 e. The topological polar surface area (TPSA) is 72.7 Å². The summed E-state index contributed by atoms with van der Waals surface area (Å²) in [6.07, 6.45) is 2.32. The SMILES string of the molecule is COc1ccc(OC)c(CN[C@@H]2CCCN(Cc3noc(C)n3)C2)c1. The summed E-state index contributed by atoms with van der Waals surface area (Å²) in [6.45, 7) is 5.34. The third kappa shape index (κ3) is 4.70. The van der Waals surface area contributed by atoms with Crippen LogP contribution in [0.3, 0.4) is 0 Å². The molecule has 1 saturated heterocycles. The van der Waals surface area contributed by atoms with E-state index in [2.05, 4.69) is 20.4 Å². The van der Waals surface area contributed by atoms with Gasteiger partial charge in [-0.2, -0.15) is 4.98 Å². The summed E-state index contributed by atoms with van der Waals surface area (Å²) in [5.74, 6) is 3.10. The van der Waals surface area contributed by atoms with Crippen LogP contribution in [0, 0.1) is 6.92 Å². The summed E-state index contributed by atoms with van der Waals surface area (Å²) < 4.78 is 15.8. The molecule has 0 bridgehead atoms. The second-order valence-corrected chi connectivity index (χ2v) is 6.36. The normalized spacial score (nSPS) is 18.3. The molecule has 25 heavy (non-hydrogen) atoms. The number of methoxy groups -OCH3 is 2. The van der Waals surface area contributed by atoms with Crippen molar-refractivity contribution in [1.29, 1.82) is 0 Å². The number of aromatic nitrogens is 2. The Balaban J connectivity index is 1.56. The minimum absolute atomic E-state index is 0.428. The molecule has 0 aliphatic carbocycles. The molecule has 3 rings (SSSR count). The summed E-state index contributed by atoms with van der Waals surface area (Å²) >= 11 is 0. The first-order valence-corrected chi connectivity index (χ1v) is 8.63. The third-order valence-electron chi connectivity index (χ3n) is 4.51. The Morgan fingerprint density at radius 1 is 1.32 bits per heavy atom. The lowest BCUT2D eigenvalue weighted by atomic mass is 10.0. The summed E-state index contributed by atoms with van der Waals surface area (Å²) in [4.78, 5) is 6.66. The van der Waals surface area contributed by atoms with Crippen molar-refractivity contribution in [2.75, 3.05) is 27.3 Å². The number of benzene rings is 1. The first-order valence-electron chi connectivity index (χ1n) is 8.63. The van der Waals surface area contributed by atoms with Gasteiger partial charge in [-0.25, -0.2) is 0 Å². The molecule has 1 aliphatic rings. The highest BCUT2D eigenvalue weighted by Crippen LogP contribution is 2.24. The number of rotatable bonds is 7. The Morgan fingerprint density at radius 3 is 2.92 bits per heavy atom. The van der Waals surface area contributed by atoms with Crippen molar-refractivity contribution in [3.63, 3.8) is 0 Å². The van der Waals surface area contributed by atoms with Crippen LogP contribution in [0.5, 0.6) is 11.5 Å². The van der Waals surface area contributed by atoms with Gasteiger partial charge in [0.25, 0.3) is 0 Å². The number of nitrogens with zero attached hydrogens (tertiary/aromatic N) is 3. The summed E-state index contributed by atoms with van der Waals surface area (Å²) in [7, 11) is 3.37. The number of likely N-dealkylation sites (tertiary alicyclic amines) is 1. The van der Waals surface area contributed by atoms with Gasteiger partial charge >= 0.3 is 0 Å². The van der Waals surface area contributed by atoms with Crippen molar-refractivity contribution in [2.45, 2.75) is 38.9 Å². The van der Waals surface area contributed by atoms with Crippen molar-refractivity contribution in [1.82, 2.24) is 20.4 Å². The van der Waals surface area contributed by atoms with E-state index in [0.717, 1.165) is 61.9 Å². The molecule has 0 saturated carbocycles. The van der Waals surface area contributed by atoms with E-state index in [1.807, 2.05) is 25.1 Å². The van der Waals surface area contributed by atoms with Crippen LogP contribution in [0.2, 0.25) is 0 Å². The van der Waals surface area contributed by atoms with E-state index >= 15 is 0 Å². The Morgan fingerprint density at radius 2 is 2.20 bits per heavy atom. The van der Waals surface area contributed by atoms with Crippen LogP contribution in [-0.2, 0) is 13.1 Å². The molecular weight excluding hydrogens is 320 g/mol. The van der Waals surface area contributed by atoms with Gasteiger partial charge in [-0.1, -0.05) is 5.16 Å². The van der Waals surface area contributed by atoms with Gasteiger partial charge in [0.1, 0.15) is 11.5 Å². The van der Waals surface area contributed by atoms with Gasteiger partial charge in [0, 0.05) is 31.6 Å². The van der Waals surface area contributed by atoms with Crippen molar-refractivity contribution < 1.29 is 14.0 Å². The summed E-state index contributed by atoms with van der Waals surface area (Å²) in [6, 6.07) is 6.31. The average molecular weight is 346 g/mol. The fourth-order valence-corrected chi connectivity index (χ4v) is 3.25. The highest BCUT2D eigenvalue weighted by Gasteiger charge is 2.21. The number of piperidine rings is 1. The number of aryl methyl sites for hydroxylation is 1. The number of nitrogens with one attached hydrogen (secondary N) is 1. The Labute approximate surface area is 148 Å². The van der Waals surface area contributed by atoms with Gasteiger partial charge in [-0.05, 0) is 37.6 Å². The lowest BCUT2D eigenvalue weighted by Crippen LogP contribution is -2.45. The zero-order chi connectivity index (χ0) is 17.6. The van der Waals surface area contributed by atoms with Crippen LogP contribution in [0.15, 0.2) is 22.7 Å². The maximum atomic E-state index is 5.45. The van der Waals surface area contributed by atoms with Gasteiger partial charge in [0.2, 0.25) is 5.89 Å². The van der Waals surface area contributed by atoms with Crippen LogP contribution >= 0.6 is 0 Å². The third-order valence-corrected chi connectivity index (χ3v) is 4.51. The molecule has 2 heterocycles. The molecule has 0 radical (unpaired) electrons. The highest BCUT2D eigenvalue weighted by atomic mass is 16.5. The molecule has 7 heteroatoms. The maximum absolute atomic E-state index is 5.45. The quantitative estimate of drug-likeness (QED) is 0.823. The van der Waals surface area contributed by atoms with Crippen LogP contribution in [0.1, 0.15) is 30.1 Å². The number of ether oxygens (including phenoxy) is 2. The predicted molar refractivity (Wildman–Crippen MR) is 93.7 cm³/mol. The number of hydrogen-bond donors (Lipinski definition) is 1. The molecule has 136 valence electrons. The van der Waals surface area contributed by atoms with Gasteiger partial charge in [0.05, 0.1) is 20.8 Å². The molecule has 1 aromatic heterocycles. The lowest BCUT2D eigenvalue weighted by Gasteiger charge is -2.32. The molecule has 2 aromatic rings. The molecule has 0 amide bonds. The Hall–Kier alpha value is -2.12. The summed E-state index contributed by atoms with van der Waals surface area (Å²) in [5, 5.41) is 7.64. The van der Waals surface area contributed by atoms with E-state index in [-0.39, 0.29) is 0 Å². The van der Waals surface area contributed by atoms with E-state index in [4.69, 9.17) is 14.0 Å². The van der Waals surface area contributed by atoms with E-state index < -0.39 is 0 Å². The zero-order valence-corrected chi connectivity index (χ0v) is 15.1. The second-order valence-electron chi connectivity index (χ2n) is 6.36. The zero-order valence-electron chi connectivity index (χ0n) is 15.1. The van der Waals surface area contributed by atoms with E-state index in [0.29, 0.717) is 11.9 Å². The Kier molecular flexibility index (Phi) is 5.88. The first kappa shape index (κ1) is 17.7. The summed E-state index contributed by atoms with van der Waals surface area (Å²) in [5.41, 5.74) is 1.10. The van der Waals surface area contributed by atoms with Crippen molar-refractivity contribution in [3.05, 3.63) is 35.5 Å². The second kappa shape index (κ2) is 8.31. The molecule has 0 spiro atoms. The molecule has 1 aromatic carbocycles. The van der Waals surface area contributed by atoms with Crippen LogP contribution in [0.25, 0.3) is 0 Å². The monoisotopic (exact) mass is 346 g/mol. The standard InChI is InChI=1S/C18H26N4O3/c1-13-20-18(21-25-13)12-22-8-4-5-15(11-22)19-10-14-9-16(23-2)6-7-17(14)24-3/h6-7,9,15,19H,4-5,8,10-12H2,1-3H3/t15-/m1/s1. The van der Waals surface area contributed by atoms with E-state index in [1.54, 1.807) is 14.2 Å². The molecular formula is C18H26N4O3. The van der Waals surface area contributed by atoms with E-state index in [9.17, 15) is 0 Å². The Bertz CT molecular complexity index is 689. The lowest BCUT2D eigenvalue weighted by molar-refractivity contribution is 0.177. The van der Waals surface area contributed by atoms with Crippen molar-refractivity contribution in [2.24, 2.45) is 0 Å². The minimum atomic E-state index is 0.428. The van der Waals surface area contributed by atoms with Gasteiger partial charge in [-0.15, -0.1) is 0 Å². The van der Waals surface area contributed by atoms with Crippen molar-refractivity contribution >= 4 is 0 Å². The average Bonchev–Trinajstić information content (AvgIpc) is 3.04. The number of hydrogen-bond acceptors (Lipinski definition) is 7. The van der Waals surface area contributed by atoms with Crippen LogP contribution in [-0.4, -0.2) is 48.4 Å². The molecule has 1 N–H and O–H groups in total. The first-order chi connectivity index (χ1) is 12.2. The van der Waals surface area contributed by atoms with Crippen molar-refractivity contribution in [3.8, 4) is 11.5 Å². The van der Waals surface area contributed by atoms with E-state index in [1.165, 1.54) is 0 Å². The van der Waals surface area contributed by atoms with Gasteiger partial charge < -0.3 is 19.3 Å². The fourth-order valence-electron chi connectivity index (χ4n) is 3.25. The molecule has 1 atom stereocenters. The van der Waals surface area contributed by atoms with Gasteiger partial charge in [0.15, 0.2) is 5.82 Å². The maximum Gasteiger partial charge on any atom is 0.223 e. The minimum Gasteiger partial charge on any atom is -0.497 e. The van der Waals surface area contributed by atoms with Crippen LogP contribution < -0.4 is 14.8 Å². The predicted octanol–water partition coefficient (Wildman–Crippen LogP) is 2.15. The highest BCUT2D eigenvalue weighted by molar-refractivity contribution is 5.40. The van der Waals surface area contributed by atoms with Crippen LogP contribution in [0.4, 0.5) is 0 Å². The molecule has 1 aliphatic heterocycles.